The summed E-state index contributed by atoms with van der Waals surface area (Å²) in [5.74, 6) is 0.212. The summed E-state index contributed by atoms with van der Waals surface area (Å²) in [7, 11) is -3.63. The maximum absolute atomic E-state index is 13.0. The Labute approximate surface area is 215 Å². The minimum atomic E-state index is -3.63. The van der Waals surface area contributed by atoms with Crippen LogP contribution in [0, 0.1) is 5.41 Å². The number of amides is 1. The Morgan fingerprint density at radius 3 is 2.14 bits per heavy atom. The van der Waals surface area contributed by atoms with Crippen molar-refractivity contribution in [3.05, 3.63) is 17.7 Å². The van der Waals surface area contributed by atoms with E-state index in [9.17, 15) is 13.2 Å². The first kappa shape index (κ1) is 26.8. The lowest BCUT2D eigenvalue weighted by Gasteiger charge is -2.33. The van der Waals surface area contributed by atoms with Crippen LogP contribution in [0.1, 0.15) is 56.9 Å². The molecule has 3 saturated heterocycles. The third-order valence-corrected chi connectivity index (χ3v) is 8.01. The molecule has 1 aromatic heterocycles. The van der Waals surface area contributed by atoms with Gasteiger partial charge in [-0.1, -0.05) is 12.8 Å². The molecule has 11 heteroatoms. The normalized spacial score (nSPS) is 20.8. The van der Waals surface area contributed by atoms with Gasteiger partial charge in [0.2, 0.25) is 10.0 Å². The molecule has 36 heavy (non-hydrogen) atoms. The van der Waals surface area contributed by atoms with Gasteiger partial charge < -0.3 is 20.0 Å². The molecule has 0 saturated carbocycles. The van der Waals surface area contributed by atoms with Gasteiger partial charge in [-0.3, -0.25) is 14.9 Å². The highest BCUT2D eigenvalue weighted by molar-refractivity contribution is 7.92. The zero-order valence-electron chi connectivity index (χ0n) is 21.5. The molecule has 4 rings (SSSR count). The fourth-order valence-corrected chi connectivity index (χ4v) is 5.86. The smallest absolute Gasteiger partial charge is 0.270 e. The van der Waals surface area contributed by atoms with Gasteiger partial charge in [0.25, 0.3) is 5.91 Å². The molecule has 0 unspecified atom stereocenters. The van der Waals surface area contributed by atoms with E-state index < -0.39 is 15.9 Å². The molecule has 200 valence electrons. The number of nitrogens with zero attached hydrogens (tertiary/aromatic N) is 4. The number of sulfonamides is 1. The van der Waals surface area contributed by atoms with Gasteiger partial charge in [-0.15, -0.1) is 0 Å². The number of hydrogen-bond donors (Lipinski definition) is 3. The molecule has 3 aliphatic rings. The van der Waals surface area contributed by atoms with Crippen molar-refractivity contribution >= 4 is 33.3 Å². The Kier molecular flexibility index (Phi) is 9.19. The zero-order chi connectivity index (χ0) is 25.5. The van der Waals surface area contributed by atoms with Gasteiger partial charge in [-0.2, -0.15) is 0 Å². The predicted molar refractivity (Wildman–Crippen MR) is 143 cm³/mol. The van der Waals surface area contributed by atoms with Crippen LogP contribution in [-0.2, 0) is 14.8 Å². The highest BCUT2D eigenvalue weighted by Gasteiger charge is 2.26. The van der Waals surface area contributed by atoms with E-state index in [0.29, 0.717) is 5.82 Å². The first-order valence-electron chi connectivity index (χ1n) is 13.4. The largest absolute Gasteiger partial charge is 0.357 e. The summed E-state index contributed by atoms with van der Waals surface area (Å²) >= 11 is 0. The Morgan fingerprint density at radius 2 is 1.53 bits per heavy atom. The molecule has 0 atom stereocenters. The molecule has 1 amide bonds. The standard InChI is InChI=1S/C25H41N7O3S/c1-36(34,35)29-24-21(8-9-22(28-24)32-14-4-2-3-5-15-32)23(26)25(33)27-20-10-16-31(17-11-20)19-18-30-12-6-7-13-30/h8-9,20,26H,2-7,10-19H2,1H3,(H,27,33)(H,28,29). The van der Waals surface area contributed by atoms with E-state index in [0.717, 1.165) is 71.2 Å². The summed E-state index contributed by atoms with van der Waals surface area (Å²) in [6.07, 6.45) is 9.82. The number of nitrogens with one attached hydrogen (secondary N) is 3. The molecule has 0 aliphatic carbocycles. The minimum Gasteiger partial charge on any atom is -0.357 e. The molecule has 0 bridgehead atoms. The van der Waals surface area contributed by atoms with Gasteiger partial charge in [-0.25, -0.2) is 13.4 Å². The topological polar surface area (TPSA) is 122 Å². The molecule has 0 radical (unpaired) electrons. The lowest BCUT2D eigenvalue weighted by Crippen LogP contribution is -2.47. The predicted octanol–water partition coefficient (Wildman–Crippen LogP) is 1.88. The number of rotatable bonds is 9. The second-order valence-electron chi connectivity index (χ2n) is 10.4. The van der Waals surface area contributed by atoms with Crippen molar-refractivity contribution in [1.29, 1.82) is 5.41 Å². The van der Waals surface area contributed by atoms with E-state index >= 15 is 0 Å². The van der Waals surface area contributed by atoms with Crippen LogP contribution in [0.3, 0.4) is 0 Å². The van der Waals surface area contributed by atoms with E-state index in [1.54, 1.807) is 12.1 Å². The molecule has 10 nitrogen and oxygen atoms in total. The maximum atomic E-state index is 13.0. The van der Waals surface area contributed by atoms with Gasteiger partial charge in [0.1, 0.15) is 11.5 Å². The van der Waals surface area contributed by atoms with Crippen LogP contribution in [-0.4, -0.2) is 99.5 Å². The number of carbonyl (C=O) groups excluding carboxylic acids is 1. The van der Waals surface area contributed by atoms with E-state index in [2.05, 4.69) is 29.7 Å². The number of anilines is 2. The van der Waals surface area contributed by atoms with Crippen LogP contribution in [0.25, 0.3) is 0 Å². The van der Waals surface area contributed by atoms with Gasteiger partial charge >= 0.3 is 0 Å². The summed E-state index contributed by atoms with van der Waals surface area (Å²) in [4.78, 5) is 24.6. The number of hydrogen-bond acceptors (Lipinski definition) is 8. The molecule has 1 aromatic rings. The quantitative estimate of drug-likeness (QED) is 0.426. The average molecular weight is 520 g/mol. The molecule has 4 heterocycles. The Balaban J connectivity index is 1.36. The summed E-state index contributed by atoms with van der Waals surface area (Å²) in [6.45, 7) is 8.17. The van der Waals surface area contributed by atoms with Crippen LogP contribution in [0.15, 0.2) is 12.1 Å². The van der Waals surface area contributed by atoms with Crippen LogP contribution in [0.2, 0.25) is 0 Å². The summed E-state index contributed by atoms with van der Waals surface area (Å²) in [5, 5.41) is 11.5. The monoisotopic (exact) mass is 519 g/mol. The van der Waals surface area contributed by atoms with Crippen molar-refractivity contribution in [2.24, 2.45) is 0 Å². The third kappa shape index (κ3) is 7.63. The van der Waals surface area contributed by atoms with E-state index in [-0.39, 0.29) is 23.1 Å². The van der Waals surface area contributed by atoms with Crippen LogP contribution in [0.4, 0.5) is 11.6 Å². The molecule has 3 fully saturated rings. The Morgan fingerprint density at radius 1 is 0.944 bits per heavy atom. The van der Waals surface area contributed by atoms with Crippen LogP contribution in [0.5, 0.6) is 0 Å². The van der Waals surface area contributed by atoms with Crippen molar-refractivity contribution < 1.29 is 13.2 Å². The maximum Gasteiger partial charge on any atom is 0.270 e. The molecule has 0 aromatic carbocycles. The molecular formula is C25H41N7O3S. The van der Waals surface area contributed by atoms with Gasteiger partial charge in [0.15, 0.2) is 5.82 Å². The average Bonchev–Trinajstić information content (AvgIpc) is 3.22. The minimum absolute atomic E-state index is 0.0107. The van der Waals surface area contributed by atoms with Crippen molar-refractivity contribution in [3.8, 4) is 0 Å². The first-order chi connectivity index (χ1) is 17.3. The summed E-state index contributed by atoms with van der Waals surface area (Å²) in [5.41, 5.74) is -0.0768. The number of aromatic nitrogens is 1. The van der Waals surface area contributed by atoms with Crippen molar-refractivity contribution in [2.45, 2.75) is 57.4 Å². The Bertz CT molecular complexity index is 1010. The van der Waals surface area contributed by atoms with Crippen molar-refractivity contribution in [3.63, 3.8) is 0 Å². The van der Waals surface area contributed by atoms with E-state index in [4.69, 9.17) is 5.41 Å². The fourth-order valence-electron chi connectivity index (χ4n) is 5.35. The van der Waals surface area contributed by atoms with Gasteiger partial charge in [0, 0.05) is 50.9 Å². The van der Waals surface area contributed by atoms with E-state index in [1.165, 1.54) is 38.8 Å². The fraction of sp³-hybridized carbons (Fsp3) is 0.720. The Hall–Kier alpha value is -2.24. The second kappa shape index (κ2) is 12.3. The number of pyridine rings is 1. The number of piperidine rings is 1. The van der Waals surface area contributed by atoms with Crippen molar-refractivity contribution in [1.82, 2.24) is 20.1 Å². The first-order valence-corrected chi connectivity index (χ1v) is 15.3. The highest BCUT2D eigenvalue weighted by atomic mass is 32.2. The van der Waals surface area contributed by atoms with E-state index in [1.807, 2.05) is 0 Å². The SMILES string of the molecule is CS(=O)(=O)Nc1nc(N2CCCCCC2)ccc1C(=N)C(=O)NC1CCN(CCN2CCCC2)CC1. The number of carbonyl (C=O) groups is 1. The lowest BCUT2D eigenvalue weighted by molar-refractivity contribution is -0.115. The molecule has 0 spiro atoms. The third-order valence-electron chi connectivity index (χ3n) is 7.44. The highest BCUT2D eigenvalue weighted by Crippen LogP contribution is 2.23. The molecule has 3 aliphatic heterocycles. The summed E-state index contributed by atoms with van der Waals surface area (Å²) < 4.78 is 26.5. The van der Waals surface area contributed by atoms with Gasteiger partial charge in [-0.05, 0) is 63.7 Å². The summed E-state index contributed by atoms with van der Waals surface area (Å²) in [6, 6.07) is 3.44. The zero-order valence-corrected chi connectivity index (χ0v) is 22.3. The number of likely N-dealkylation sites (tertiary alicyclic amines) is 2. The molecular weight excluding hydrogens is 478 g/mol. The van der Waals surface area contributed by atoms with Crippen LogP contribution < -0.4 is 14.9 Å². The van der Waals surface area contributed by atoms with Gasteiger partial charge in [0.05, 0.1) is 6.26 Å². The lowest BCUT2D eigenvalue weighted by atomic mass is 10.0. The van der Waals surface area contributed by atoms with Crippen LogP contribution >= 0.6 is 0 Å². The second-order valence-corrected chi connectivity index (χ2v) is 12.1. The molecule has 3 N–H and O–H groups in total. The van der Waals surface area contributed by atoms with Crippen molar-refractivity contribution in [2.75, 3.05) is 68.2 Å².